The van der Waals surface area contributed by atoms with Crippen molar-refractivity contribution in [2.45, 2.75) is 39.1 Å². The Hall–Kier alpha value is -2.69. The molecule has 0 bridgehead atoms. The van der Waals surface area contributed by atoms with Gasteiger partial charge in [0.25, 0.3) is 0 Å². The smallest absolute Gasteiger partial charge is 0.387 e. The van der Waals surface area contributed by atoms with Gasteiger partial charge in [0.1, 0.15) is 16.5 Å². The van der Waals surface area contributed by atoms with Crippen LogP contribution in [0.15, 0.2) is 53.2 Å². The van der Waals surface area contributed by atoms with E-state index in [2.05, 4.69) is 4.99 Å². The van der Waals surface area contributed by atoms with Crippen LogP contribution in [0.5, 0.6) is 0 Å². The molecule has 192 valence electrons. The van der Waals surface area contributed by atoms with E-state index in [9.17, 15) is 27.5 Å². The van der Waals surface area contributed by atoms with Crippen LogP contribution in [0.3, 0.4) is 0 Å². The van der Waals surface area contributed by atoms with Gasteiger partial charge in [-0.25, -0.2) is 9.18 Å². The SMILES string of the molecule is CC1=CCC(C)C(N2CC=C(c3ccc(F)c(Cl)c3)[C@@H](O)C2)=NC(=O)N1Cc1ccc(C(F)(F)F)s1. The monoisotopic (exact) mass is 541 g/mol. The molecule has 1 unspecified atom stereocenters. The molecule has 2 aromatic rings. The number of allylic oxidation sites excluding steroid dienone is 2. The van der Waals surface area contributed by atoms with Crippen LogP contribution in [0.2, 0.25) is 5.02 Å². The van der Waals surface area contributed by atoms with Crippen LogP contribution in [0.1, 0.15) is 35.6 Å². The number of β-amino-alcohol motifs (C(OH)–C–C–N with tert-alkyl or cyclic N) is 1. The molecule has 2 aliphatic heterocycles. The minimum absolute atomic E-state index is 0.0227. The number of amides is 2. The first-order valence-corrected chi connectivity index (χ1v) is 12.4. The molecule has 4 rings (SSSR count). The third-order valence-electron chi connectivity index (χ3n) is 6.19. The van der Waals surface area contributed by atoms with Crippen LogP contribution in [0, 0.1) is 11.7 Å². The maximum absolute atomic E-state index is 13.5. The molecule has 36 heavy (non-hydrogen) atoms. The van der Waals surface area contributed by atoms with Crippen LogP contribution < -0.4 is 0 Å². The van der Waals surface area contributed by atoms with Crippen molar-refractivity contribution in [2.24, 2.45) is 10.9 Å². The van der Waals surface area contributed by atoms with Crippen LogP contribution in [-0.4, -0.2) is 46.0 Å². The molecule has 0 saturated carbocycles. The van der Waals surface area contributed by atoms with Crippen molar-refractivity contribution >= 4 is 40.4 Å². The van der Waals surface area contributed by atoms with Gasteiger partial charge in [0.15, 0.2) is 0 Å². The second-order valence-electron chi connectivity index (χ2n) is 8.79. The average Bonchev–Trinajstić information content (AvgIpc) is 3.30. The van der Waals surface area contributed by atoms with E-state index in [0.717, 1.165) is 6.07 Å². The quantitative estimate of drug-likeness (QED) is 0.446. The zero-order valence-electron chi connectivity index (χ0n) is 19.5. The molecule has 5 nitrogen and oxygen atoms in total. The number of hydrogen-bond acceptors (Lipinski definition) is 4. The van der Waals surface area contributed by atoms with Gasteiger partial charge < -0.3 is 10.0 Å². The highest BCUT2D eigenvalue weighted by Gasteiger charge is 2.33. The maximum atomic E-state index is 13.5. The van der Waals surface area contributed by atoms with Crippen molar-refractivity contribution in [3.05, 3.63) is 74.3 Å². The summed E-state index contributed by atoms with van der Waals surface area (Å²) in [6.07, 6.45) is -1.13. The molecule has 0 aliphatic carbocycles. The van der Waals surface area contributed by atoms with Crippen LogP contribution in [0.4, 0.5) is 22.4 Å². The van der Waals surface area contributed by atoms with Crippen molar-refractivity contribution in [1.29, 1.82) is 0 Å². The lowest BCUT2D eigenvalue weighted by Gasteiger charge is -2.36. The average molecular weight is 542 g/mol. The molecule has 2 amide bonds. The van der Waals surface area contributed by atoms with E-state index in [1.165, 1.54) is 23.1 Å². The van der Waals surface area contributed by atoms with Crippen molar-refractivity contribution in [3.63, 3.8) is 0 Å². The molecular formula is C25H24ClF4N3O2S. The molecule has 3 heterocycles. The molecule has 0 fully saturated rings. The van der Waals surface area contributed by atoms with E-state index in [0.29, 0.717) is 51.8 Å². The third-order valence-corrected chi connectivity index (χ3v) is 7.59. The van der Waals surface area contributed by atoms with E-state index >= 15 is 0 Å². The highest BCUT2D eigenvalue weighted by atomic mass is 35.5. The van der Waals surface area contributed by atoms with Crippen LogP contribution in [0.25, 0.3) is 5.57 Å². The number of rotatable bonds is 3. The molecular weight excluding hydrogens is 518 g/mol. The number of urea groups is 1. The maximum Gasteiger partial charge on any atom is 0.425 e. The Balaban J connectivity index is 1.56. The Labute approximate surface area is 215 Å². The fourth-order valence-corrected chi connectivity index (χ4v) is 5.27. The predicted octanol–water partition coefficient (Wildman–Crippen LogP) is 6.58. The third kappa shape index (κ3) is 5.66. The van der Waals surface area contributed by atoms with Gasteiger partial charge in [-0.3, -0.25) is 4.90 Å². The molecule has 0 radical (unpaired) electrons. The first kappa shape index (κ1) is 26.4. The summed E-state index contributed by atoms with van der Waals surface area (Å²) in [6, 6.07) is 6.05. The summed E-state index contributed by atoms with van der Waals surface area (Å²) in [7, 11) is 0. The number of alkyl halides is 3. The summed E-state index contributed by atoms with van der Waals surface area (Å²) >= 11 is 6.49. The number of carbonyl (C=O) groups is 1. The van der Waals surface area contributed by atoms with Crippen molar-refractivity contribution < 1.29 is 27.5 Å². The van der Waals surface area contributed by atoms with Gasteiger partial charge in [0.05, 0.1) is 17.7 Å². The minimum Gasteiger partial charge on any atom is -0.387 e. The fourth-order valence-electron chi connectivity index (χ4n) is 4.23. The van der Waals surface area contributed by atoms with Crippen molar-refractivity contribution in [1.82, 2.24) is 9.80 Å². The number of nitrogens with zero attached hydrogens (tertiary/aromatic N) is 3. The number of carbonyl (C=O) groups excluding carboxylic acids is 1. The number of thiophene rings is 1. The summed E-state index contributed by atoms with van der Waals surface area (Å²) < 4.78 is 52.5. The van der Waals surface area contributed by atoms with Gasteiger partial charge >= 0.3 is 12.2 Å². The number of benzene rings is 1. The highest BCUT2D eigenvalue weighted by Crippen LogP contribution is 2.35. The van der Waals surface area contributed by atoms with Gasteiger partial charge in [-0.15, -0.1) is 11.3 Å². The summed E-state index contributed by atoms with van der Waals surface area (Å²) in [5.74, 6) is -0.191. The van der Waals surface area contributed by atoms with E-state index in [1.54, 1.807) is 24.0 Å². The largest absolute Gasteiger partial charge is 0.425 e. The number of halogens is 5. The first-order valence-electron chi connectivity index (χ1n) is 11.2. The molecule has 11 heteroatoms. The van der Waals surface area contributed by atoms with Gasteiger partial charge in [-0.1, -0.05) is 36.7 Å². The summed E-state index contributed by atoms with van der Waals surface area (Å²) in [6.45, 7) is 4.16. The predicted molar refractivity (Wildman–Crippen MR) is 132 cm³/mol. The summed E-state index contributed by atoms with van der Waals surface area (Å²) in [4.78, 5) is 20.3. The summed E-state index contributed by atoms with van der Waals surface area (Å²) in [5.41, 5.74) is 1.83. The molecule has 2 aliphatic rings. The fraction of sp³-hybridized carbons (Fsp3) is 0.360. The Bertz CT molecular complexity index is 1250. The van der Waals surface area contributed by atoms with Gasteiger partial charge in [-0.2, -0.15) is 18.2 Å². The number of aliphatic hydroxyl groups is 1. The van der Waals surface area contributed by atoms with Crippen LogP contribution >= 0.6 is 22.9 Å². The zero-order valence-corrected chi connectivity index (χ0v) is 21.1. The summed E-state index contributed by atoms with van der Waals surface area (Å²) in [5, 5.41) is 10.8. The second kappa shape index (κ2) is 10.4. The lowest BCUT2D eigenvalue weighted by atomic mass is 9.95. The molecule has 1 aromatic carbocycles. The lowest BCUT2D eigenvalue weighted by molar-refractivity contribution is -0.134. The lowest BCUT2D eigenvalue weighted by Crippen LogP contribution is -2.45. The first-order chi connectivity index (χ1) is 16.9. The molecule has 2 atom stereocenters. The molecule has 1 aromatic heterocycles. The van der Waals surface area contributed by atoms with Crippen LogP contribution in [-0.2, 0) is 12.7 Å². The number of aliphatic hydroxyl groups excluding tert-OH is 1. The van der Waals surface area contributed by atoms with Crippen molar-refractivity contribution in [2.75, 3.05) is 13.1 Å². The standard InChI is InChI=1S/C25H24ClF4N3O2S/c1-14-3-4-15(2)33(12-17-6-8-22(36-17)25(28,29)30)24(35)31-23(14)32-10-9-18(21(34)13-32)16-5-7-20(27)19(26)11-16/h4-9,11,14,21,34H,3,10,12-13H2,1-2H3/t14?,21-/m0/s1. The molecule has 0 spiro atoms. The van der Waals surface area contributed by atoms with Gasteiger partial charge in [-0.05, 0) is 48.7 Å². The van der Waals surface area contributed by atoms with Gasteiger partial charge in [0.2, 0.25) is 0 Å². The zero-order chi connectivity index (χ0) is 26.2. The van der Waals surface area contributed by atoms with E-state index < -0.39 is 29.0 Å². The van der Waals surface area contributed by atoms with E-state index in [1.807, 2.05) is 13.0 Å². The Morgan fingerprint density at radius 2 is 1.97 bits per heavy atom. The van der Waals surface area contributed by atoms with Crippen molar-refractivity contribution in [3.8, 4) is 0 Å². The van der Waals surface area contributed by atoms with E-state index in [-0.39, 0.29) is 24.0 Å². The highest BCUT2D eigenvalue weighted by molar-refractivity contribution is 7.12. The Morgan fingerprint density at radius 3 is 2.61 bits per heavy atom. The molecule has 1 N–H and O–H groups in total. The van der Waals surface area contributed by atoms with Gasteiger partial charge in [0, 0.05) is 29.6 Å². The second-order valence-corrected chi connectivity index (χ2v) is 10.4. The normalized spacial score (nSPS) is 21.6. The number of aliphatic imine (C=N–C) groups is 1. The number of hydrogen-bond donors (Lipinski definition) is 1. The molecule has 0 saturated heterocycles. The van der Waals surface area contributed by atoms with E-state index in [4.69, 9.17) is 11.6 Å². The Morgan fingerprint density at radius 1 is 1.22 bits per heavy atom. The Kier molecular flexibility index (Phi) is 7.59. The topological polar surface area (TPSA) is 56.1 Å². The minimum atomic E-state index is -4.43. The number of amidine groups is 1.